The minimum atomic E-state index is -0.812. The van der Waals surface area contributed by atoms with Gasteiger partial charge in [0.1, 0.15) is 0 Å². The fraction of sp³-hybridized carbons (Fsp3) is 0.143. The molecule has 18 heavy (non-hydrogen) atoms. The molecule has 0 fully saturated rings. The van der Waals surface area contributed by atoms with Gasteiger partial charge in [-0.2, -0.15) is 0 Å². The first kappa shape index (κ1) is 10.8. The number of hydrogen-bond acceptors (Lipinski definition) is 2. The van der Waals surface area contributed by atoms with Gasteiger partial charge in [-0.1, -0.05) is 6.07 Å². The third-order valence-corrected chi connectivity index (χ3v) is 3.23. The molecule has 0 bridgehead atoms. The summed E-state index contributed by atoms with van der Waals surface area (Å²) in [7, 11) is 2.00. The fourth-order valence-electron chi connectivity index (χ4n) is 2.39. The summed E-state index contributed by atoms with van der Waals surface area (Å²) in [6, 6.07) is 7.73. The quantitative estimate of drug-likeness (QED) is 0.748. The molecule has 0 aliphatic rings. The molecule has 0 aliphatic heterocycles. The number of benzene rings is 1. The summed E-state index contributed by atoms with van der Waals surface area (Å²) in [5.41, 5.74) is 3.01. The number of aliphatic carboxylic acids is 1. The van der Waals surface area contributed by atoms with E-state index in [9.17, 15) is 4.79 Å². The van der Waals surface area contributed by atoms with Crippen LogP contribution in [-0.2, 0) is 18.3 Å². The summed E-state index contributed by atoms with van der Waals surface area (Å²) in [6.45, 7) is 0. The number of carboxylic acid groups (broad SMARTS) is 1. The van der Waals surface area contributed by atoms with Crippen LogP contribution < -0.4 is 0 Å². The lowest BCUT2D eigenvalue weighted by Gasteiger charge is -1.99. The normalized spacial score (nSPS) is 11.2. The fourth-order valence-corrected chi connectivity index (χ4v) is 2.39. The first-order valence-corrected chi connectivity index (χ1v) is 5.69. The first-order valence-electron chi connectivity index (χ1n) is 5.69. The summed E-state index contributed by atoms with van der Waals surface area (Å²) in [6.07, 6.45) is 3.63. The van der Waals surface area contributed by atoms with Gasteiger partial charge in [0, 0.05) is 35.7 Å². The number of carboxylic acids is 1. The van der Waals surface area contributed by atoms with Crippen LogP contribution in [0.15, 0.2) is 36.7 Å². The Hall–Kier alpha value is -2.36. The predicted octanol–water partition coefficient (Wildman–Crippen LogP) is 2.35. The van der Waals surface area contributed by atoms with Crippen LogP contribution in [0.1, 0.15) is 5.56 Å². The number of nitrogens with zero attached hydrogens (tertiary/aromatic N) is 2. The Morgan fingerprint density at radius 1 is 1.28 bits per heavy atom. The number of fused-ring (bicyclic) bond motifs is 3. The molecule has 0 spiro atoms. The molecule has 1 N–H and O–H groups in total. The molecule has 2 heterocycles. The van der Waals surface area contributed by atoms with Gasteiger partial charge >= 0.3 is 5.97 Å². The maximum absolute atomic E-state index is 10.8. The molecule has 0 radical (unpaired) electrons. The number of aromatic nitrogens is 2. The minimum Gasteiger partial charge on any atom is -0.481 e. The highest BCUT2D eigenvalue weighted by Crippen LogP contribution is 2.28. The zero-order valence-corrected chi connectivity index (χ0v) is 9.92. The monoisotopic (exact) mass is 240 g/mol. The average Bonchev–Trinajstić information content (AvgIpc) is 2.63. The van der Waals surface area contributed by atoms with E-state index in [-0.39, 0.29) is 6.42 Å². The second kappa shape index (κ2) is 3.84. The van der Waals surface area contributed by atoms with E-state index in [0.29, 0.717) is 0 Å². The highest BCUT2D eigenvalue weighted by atomic mass is 16.4. The van der Waals surface area contributed by atoms with Gasteiger partial charge in [0.25, 0.3) is 0 Å². The van der Waals surface area contributed by atoms with Gasteiger partial charge in [0.2, 0.25) is 0 Å². The second-order valence-corrected chi connectivity index (χ2v) is 4.37. The Kier molecular flexibility index (Phi) is 2.30. The van der Waals surface area contributed by atoms with E-state index in [1.165, 1.54) is 0 Å². The van der Waals surface area contributed by atoms with E-state index in [2.05, 4.69) is 9.55 Å². The van der Waals surface area contributed by atoms with Crippen molar-refractivity contribution in [1.82, 2.24) is 9.55 Å². The van der Waals surface area contributed by atoms with Gasteiger partial charge in [0.15, 0.2) is 0 Å². The summed E-state index contributed by atoms with van der Waals surface area (Å²) < 4.78 is 2.09. The number of rotatable bonds is 2. The molecule has 3 rings (SSSR count). The molecular formula is C14H12N2O2. The number of pyridine rings is 1. The maximum Gasteiger partial charge on any atom is 0.307 e. The Bertz CT molecular complexity index is 759. The molecule has 2 aromatic heterocycles. The zero-order valence-electron chi connectivity index (χ0n) is 9.92. The van der Waals surface area contributed by atoms with Gasteiger partial charge < -0.3 is 9.67 Å². The third kappa shape index (κ3) is 1.54. The van der Waals surface area contributed by atoms with Crippen molar-refractivity contribution >= 4 is 27.8 Å². The Balaban J connectivity index is 2.33. The molecule has 0 saturated carbocycles. The van der Waals surface area contributed by atoms with Gasteiger partial charge in [0.05, 0.1) is 11.9 Å². The van der Waals surface area contributed by atoms with Crippen molar-refractivity contribution in [2.45, 2.75) is 6.42 Å². The van der Waals surface area contributed by atoms with Gasteiger partial charge in [-0.25, -0.2) is 0 Å². The van der Waals surface area contributed by atoms with Crippen LogP contribution in [0.3, 0.4) is 0 Å². The topological polar surface area (TPSA) is 55.1 Å². The van der Waals surface area contributed by atoms with E-state index >= 15 is 0 Å². The molecular weight excluding hydrogens is 228 g/mol. The molecule has 0 saturated heterocycles. The molecule has 90 valence electrons. The highest BCUT2D eigenvalue weighted by Gasteiger charge is 2.09. The van der Waals surface area contributed by atoms with Gasteiger partial charge in [-0.3, -0.25) is 9.78 Å². The molecule has 0 aliphatic carbocycles. The number of aryl methyl sites for hydroxylation is 1. The largest absolute Gasteiger partial charge is 0.481 e. The molecule has 0 amide bonds. The lowest BCUT2D eigenvalue weighted by Crippen LogP contribution is -1.99. The van der Waals surface area contributed by atoms with Crippen molar-refractivity contribution in [3.63, 3.8) is 0 Å². The minimum absolute atomic E-state index is 0.0482. The van der Waals surface area contributed by atoms with E-state index in [4.69, 9.17) is 5.11 Å². The summed E-state index contributed by atoms with van der Waals surface area (Å²) in [5.74, 6) is -0.812. The summed E-state index contributed by atoms with van der Waals surface area (Å²) in [4.78, 5) is 14.9. The van der Waals surface area contributed by atoms with Crippen molar-refractivity contribution in [3.8, 4) is 0 Å². The van der Waals surface area contributed by atoms with Crippen LogP contribution in [0.2, 0.25) is 0 Å². The standard InChI is InChI=1S/C14H12N2O2/c1-16-12-3-2-9(7-14(17)18)6-10(12)11-8-15-5-4-13(11)16/h2-6,8H,7H2,1H3,(H,17,18). The van der Waals surface area contributed by atoms with E-state index in [1.807, 2.05) is 37.5 Å². The molecule has 4 nitrogen and oxygen atoms in total. The highest BCUT2D eigenvalue weighted by molar-refractivity contribution is 6.07. The van der Waals surface area contributed by atoms with Crippen LogP contribution in [-0.4, -0.2) is 20.6 Å². The van der Waals surface area contributed by atoms with Crippen LogP contribution in [0, 0.1) is 0 Å². The Morgan fingerprint density at radius 3 is 2.83 bits per heavy atom. The van der Waals surface area contributed by atoms with Crippen molar-refractivity contribution < 1.29 is 9.90 Å². The molecule has 0 unspecified atom stereocenters. The molecule has 3 aromatic rings. The van der Waals surface area contributed by atoms with Crippen LogP contribution >= 0.6 is 0 Å². The maximum atomic E-state index is 10.8. The Labute approximate surface area is 103 Å². The zero-order chi connectivity index (χ0) is 12.7. The van der Waals surface area contributed by atoms with Gasteiger partial charge in [-0.05, 0) is 23.8 Å². The van der Waals surface area contributed by atoms with Crippen LogP contribution in [0.25, 0.3) is 21.8 Å². The number of hydrogen-bond donors (Lipinski definition) is 1. The molecule has 4 heteroatoms. The first-order chi connectivity index (χ1) is 8.66. The van der Waals surface area contributed by atoms with Crippen molar-refractivity contribution in [2.24, 2.45) is 7.05 Å². The van der Waals surface area contributed by atoms with Crippen LogP contribution in [0.5, 0.6) is 0 Å². The van der Waals surface area contributed by atoms with Crippen molar-refractivity contribution in [1.29, 1.82) is 0 Å². The lowest BCUT2D eigenvalue weighted by atomic mass is 10.1. The van der Waals surface area contributed by atoms with E-state index in [1.54, 1.807) is 6.20 Å². The molecule has 1 aromatic carbocycles. The van der Waals surface area contributed by atoms with Gasteiger partial charge in [-0.15, -0.1) is 0 Å². The Morgan fingerprint density at radius 2 is 2.06 bits per heavy atom. The molecule has 0 atom stereocenters. The number of carbonyl (C=O) groups is 1. The summed E-state index contributed by atoms with van der Waals surface area (Å²) >= 11 is 0. The third-order valence-electron chi connectivity index (χ3n) is 3.23. The smallest absolute Gasteiger partial charge is 0.307 e. The van der Waals surface area contributed by atoms with E-state index in [0.717, 1.165) is 27.4 Å². The average molecular weight is 240 g/mol. The van der Waals surface area contributed by atoms with E-state index < -0.39 is 5.97 Å². The second-order valence-electron chi connectivity index (χ2n) is 4.37. The SMILES string of the molecule is Cn1c2ccncc2c2cc(CC(=O)O)ccc21. The van der Waals surface area contributed by atoms with Crippen LogP contribution in [0.4, 0.5) is 0 Å². The van der Waals surface area contributed by atoms with Crippen molar-refractivity contribution in [2.75, 3.05) is 0 Å². The predicted molar refractivity (Wildman–Crippen MR) is 69.6 cm³/mol. The lowest BCUT2D eigenvalue weighted by molar-refractivity contribution is -0.136. The summed E-state index contributed by atoms with van der Waals surface area (Å²) in [5, 5.41) is 11.0. The van der Waals surface area contributed by atoms with Crippen molar-refractivity contribution in [3.05, 3.63) is 42.2 Å².